The molecule has 2 aromatic carbocycles. The number of rotatable bonds is 7. The fourth-order valence-corrected chi connectivity index (χ4v) is 3.30. The van der Waals surface area contributed by atoms with E-state index < -0.39 is 10.0 Å². The normalized spacial score (nSPS) is 12.8. The van der Waals surface area contributed by atoms with E-state index in [2.05, 4.69) is 17.4 Å². The van der Waals surface area contributed by atoms with Gasteiger partial charge < -0.3 is 5.32 Å². The summed E-state index contributed by atoms with van der Waals surface area (Å²) in [5.74, 6) is -0.200. The molecule has 0 aliphatic rings. The van der Waals surface area contributed by atoms with Gasteiger partial charge in [-0.2, -0.15) is 0 Å². The number of nitrogens with one attached hydrogen (secondary N) is 1. The predicted molar refractivity (Wildman–Crippen MR) is 99.0 cm³/mol. The van der Waals surface area contributed by atoms with Crippen LogP contribution in [0.4, 0.5) is 0 Å². The molecule has 0 saturated heterocycles. The third kappa shape index (κ3) is 5.14. The monoisotopic (exact) mass is 360 g/mol. The maximum atomic E-state index is 12.3. The van der Waals surface area contributed by atoms with Crippen LogP contribution in [0.25, 0.3) is 0 Å². The van der Waals surface area contributed by atoms with Crippen molar-refractivity contribution in [2.24, 2.45) is 0 Å². The second-order valence-electron chi connectivity index (χ2n) is 6.21. The number of carbonyl (C=O) groups is 1. The van der Waals surface area contributed by atoms with Gasteiger partial charge >= 0.3 is 0 Å². The molecule has 2 aromatic rings. The molecule has 0 aliphatic carbocycles. The van der Waals surface area contributed by atoms with Gasteiger partial charge in [0.1, 0.15) is 0 Å². The summed E-state index contributed by atoms with van der Waals surface area (Å²) in [6, 6.07) is 16.1. The highest BCUT2D eigenvalue weighted by Crippen LogP contribution is 2.14. The van der Waals surface area contributed by atoms with Gasteiger partial charge in [-0.3, -0.25) is 4.79 Å². The van der Waals surface area contributed by atoms with Gasteiger partial charge in [-0.05, 0) is 49.6 Å². The molecule has 0 spiro atoms. The lowest BCUT2D eigenvalue weighted by Gasteiger charge is -2.15. The molecule has 6 heteroatoms. The highest BCUT2D eigenvalue weighted by molar-refractivity contribution is 7.89. The van der Waals surface area contributed by atoms with Crippen LogP contribution in [0.15, 0.2) is 59.5 Å². The third-order valence-corrected chi connectivity index (χ3v) is 5.81. The van der Waals surface area contributed by atoms with E-state index in [-0.39, 0.29) is 16.8 Å². The Hall–Kier alpha value is -2.18. The number of benzene rings is 2. The SMILES string of the molecule is C[C@@H](CCc1ccccc1)NC(=O)c1ccc(S(=O)(=O)N(C)C)cc1. The fourth-order valence-electron chi connectivity index (χ4n) is 2.40. The van der Waals surface area contributed by atoms with Gasteiger partial charge in [0.15, 0.2) is 0 Å². The van der Waals surface area contributed by atoms with E-state index in [1.54, 1.807) is 0 Å². The molecule has 134 valence electrons. The van der Waals surface area contributed by atoms with Gasteiger partial charge in [0.05, 0.1) is 4.90 Å². The molecule has 0 aliphatic heterocycles. The van der Waals surface area contributed by atoms with E-state index in [4.69, 9.17) is 0 Å². The molecule has 1 amide bonds. The molecule has 0 aromatic heterocycles. The van der Waals surface area contributed by atoms with Crippen molar-refractivity contribution in [2.45, 2.75) is 30.7 Å². The lowest BCUT2D eigenvalue weighted by atomic mass is 10.1. The molecule has 1 N–H and O–H groups in total. The molecule has 0 saturated carbocycles. The van der Waals surface area contributed by atoms with E-state index >= 15 is 0 Å². The van der Waals surface area contributed by atoms with Crippen LogP contribution < -0.4 is 5.32 Å². The van der Waals surface area contributed by atoms with Gasteiger partial charge in [0.25, 0.3) is 5.91 Å². The number of nitrogens with zero attached hydrogens (tertiary/aromatic N) is 1. The standard InChI is InChI=1S/C19H24N2O3S/c1-15(9-10-16-7-5-4-6-8-16)20-19(22)17-11-13-18(14-12-17)25(23,24)21(2)3/h4-8,11-15H,9-10H2,1-3H3,(H,20,22)/t15-/m0/s1. The molecule has 0 radical (unpaired) electrons. The van der Waals surface area contributed by atoms with Crippen molar-refractivity contribution < 1.29 is 13.2 Å². The molecule has 25 heavy (non-hydrogen) atoms. The Morgan fingerprint density at radius 3 is 2.20 bits per heavy atom. The van der Waals surface area contributed by atoms with E-state index in [0.717, 1.165) is 17.1 Å². The number of hydrogen-bond donors (Lipinski definition) is 1. The summed E-state index contributed by atoms with van der Waals surface area (Å²) in [6.45, 7) is 1.96. The predicted octanol–water partition coefficient (Wildman–Crippen LogP) is 2.69. The second-order valence-corrected chi connectivity index (χ2v) is 8.36. The first-order valence-electron chi connectivity index (χ1n) is 8.18. The number of amides is 1. The fraction of sp³-hybridized carbons (Fsp3) is 0.316. The highest BCUT2D eigenvalue weighted by Gasteiger charge is 2.18. The van der Waals surface area contributed by atoms with Crippen molar-refractivity contribution in [1.29, 1.82) is 0 Å². The van der Waals surface area contributed by atoms with Gasteiger partial charge in [-0.15, -0.1) is 0 Å². The molecule has 0 unspecified atom stereocenters. The Kier molecular flexibility index (Phi) is 6.33. The lowest BCUT2D eigenvalue weighted by Crippen LogP contribution is -2.33. The molecule has 0 heterocycles. The zero-order chi connectivity index (χ0) is 18.4. The first-order valence-corrected chi connectivity index (χ1v) is 9.62. The highest BCUT2D eigenvalue weighted by atomic mass is 32.2. The Labute approximate surface area is 149 Å². The number of sulfonamides is 1. The van der Waals surface area contributed by atoms with Crippen LogP contribution in [-0.2, 0) is 16.4 Å². The van der Waals surface area contributed by atoms with Crippen LogP contribution in [0.5, 0.6) is 0 Å². The summed E-state index contributed by atoms with van der Waals surface area (Å²) in [6.07, 6.45) is 1.73. The summed E-state index contributed by atoms with van der Waals surface area (Å²) in [4.78, 5) is 12.5. The van der Waals surface area contributed by atoms with Gasteiger partial charge in [0.2, 0.25) is 10.0 Å². The van der Waals surface area contributed by atoms with E-state index in [9.17, 15) is 13.2 Å². The topological polar surface area (TPSA) is 66.5 Å². The Morgan fingerprint density at radius 2 is 1.64 bits per heavy atom. The minimum absolute atomic E-state index is 0.0258. The first kappa shape index (κ1) is 19.1. The van der Waals surface area contributed by atoms with Gasteiger partial charge in [-0.1, -0.05) is 30.3 Å². The summed E-state index contributed by atoms with van der Waals surface area (Å²) < 4.78 is 25.2. The second kappa shape index (κ2) is 8.27. The summed E-state index contributed by atoms with van der Waals surface area (Å²) in [5, 5.41) is 2.95. The maximum Gasteiger partial charge on any atom is 0.251 e. The first-order chi connectivity index (χ1) is 11.8. The van der Waals surface area contributed by atoms with E-state index in [1.807, 2.05) is 25.1 Å². The van der Waals surface area contributed by atoms with E-state index in [1.165, 1.54) is 43.9 Å². The average Bonchev–Trinajstić information content (AvgIpc) is 2.60. The lowest BCUT2D eigenvalue weighted by molar-refractivity contribution is 0.0938. The van der Waals surface area contributed by atoms with Crippen LogP contribution in [-0.4, -0.2) is 38.8 Å². The molecule has 0 bridgehead atoms. The van der Waals surface area contributed by atoms with Crippen molar-refractivity contribution in [3.05, 3.63) is 65.7 Å². The summed E-state index contributed by atoms with van der Waals surface area (Å²) in [7, 11) is -0.527. The molecule has 0 fully saturated rings. The number of carbonyl (C=O) groups excluding carboxylic acids is 1. The van der Waals surface area contributed by atoms with E-state index in [0.29, 0.717) is 5.56 Å². The molecule has 2 rings (SSSR count). The number of hydrogen-bond acceptors (Lipinski definition) is 3. The van der Waals surface area contributed by atoms with Crippen molar-refractivity contribution in [1.82, 2.24) is 9.62 Å². The smallest absolute Gasteiger partial charge is 0.251 e. The minimum atomic E-state index is -3.48. The third-order valence-electron chi connectivity index (χ3n) is 3.98. The average molecular weight is 360 g/mol. The van der Waals surface area contributed by atoms with Crippen molar-refractivity contribution >= 4 is 15.9 Å². The minimum Gasteiger partial charge on any atom is -0.350 e. The summed E-state index contributed by atoms with van der Waals surface area (Å²) in [5.41, 5.74) is 1.69. The van der Waals surface area contributed by atoms with Crippen molar-refractivity contribution in [3.63, 3.8) is 0 Å². The zero-order valence-corrected chi connectivity index (χ0v) is 15.6. The Morgan fingerprint density at radius 1 is 1.04 bits per heavy atom. The Balaban J connectivity index is 1.94. The largest absolute Gasteiger partial charge is 0.350 e. The zero-order valence-electron chi connectivity index (χ0n) is 14.8. The molecule has 1 atom stereocenters. The van der Waals surface area contributed by atoms with Crippen LogP contribution in [0.3, 0.4) is 0 Å². The number of aryl methyl sites for hydroxylation is 1. The quantitative estimate of drug-likeness (QED) is 0.825. The molecule has 5 nitrogen and oxygen atoms in total. The van der Waals surface area contributed by atoms with Gasteiger partial charge in [0, 0.05) is 25.7 Å². The molecular weight excluding hydrogens is 336 g/mol. The maximum absolute atomic E-state index is 12.3. The van der Waals surface area contributed by atoms with Crippen LogP contribution in [0.2, 0.25) is 0 Å². The van der Waals surface area contributed by atoms with Crippen LogP contribution in [0, 0.1) is 0 Å². The summed E-state index contributed by atoms with van der Waals surface area (Å²) >= 11 is 0. The van der Waals surface area contributed by atoms with Gasteiger partial charge in [-0.25, -0.2) is 12.7 Å². The van der Waals surface area contributed by atoms with Crippen molar-refractivity contribution in [2.75, 3.05) is 14.1 Å². The van der Waals surface area contributed by atoms with Crippen LogP contribution >= 0.6 is 0 Å². The molecular formula is C19H24N2O3S. The van der Waals surface area contributed by atoms with Crippen molar-refractivity contribution in [3.8, 4) is 0 Å². The van der Waals surface area contributed by atoms with Crippen LogP contribution in [0.1, 0.15) is 29.3 Å². The Bertz CT molecular complexity index is 800.